The van der Waals surface area contributed by atoms with Crippen molar-refractivity contribution in [3.05, 3.63) is 34.4 Å². The number of hydrogen-bond acceptors (Lipinski definition) is 8. The Kier molecular flexibility index (Phi) is 5.52. The third-order valence-corrected chi connectivity index (χ3v) is 7.95. The molecule has 5 atom stereocenters. The lowest BCUT2D eigenvalue weighted by Gasteiger charge is -2.43. The highest BCUT2D eigenvalue weighted by molar-refractivity contribution is 6.02. The minimum Gasteiger partial charge on any atom is -0.472 e. The molecule has 6 heterocycles. The molecule has 0 unspecified atom stereocenters. The van der Waals surface area contributed by atoms with E-state index in [0.717, 1.165) is 18.9 Å². The highest BCUT2D eigenvalue weighted by atomic mass is 19.4. The van der Waals surface area contributed by atoms with Crippen LogP contribution in [0.25, 0.3) is 22.0 Å². The van der Waals surface area contributed by atoms with Gasteiger partial charge in [-0.2, -0.15) is 13.2 Å². The number of aryl methyl sites for hydroxylation is 2. The Balaban J connectivity index is 1.72. The van der Waals surface area contributed by atoms with Crippen LogP contribution in [-0.4, -0.2) is 50.8 Å². The van der Waals surface area contributed by atoms with Gasteiger partial charge in [0.2, 0.25) is 5.88 Å². The summed E-state index contributed by atoms with van der Waals surface area (Å²) in [6.07, 6.45) is -4.52. The number of piperazine rings is 1. The highest BCUT2D eigenvalue weighted by Crippen LogP contribution is 2.48. The summed E-state index contributed by atoms with van der Waals surface area (Å²) in [4.78, 5) is 15.0. The van der Waals surface area contributed by atoms with E-state index < -0.39 is 46.7 Å². The van der Waals surface area contributed by atoms with Gasteiger partial charge in [0.05, 0.1) is 28.8 Å². The van der Waals surface area contributed by atoms with Crippen molar-refractivity contribution in [2.75, 3.05) is 17.2 Å². The molecule has 2 fully saturated rings. The molecular weight excluding hydrogens is 504 g/mol. The lowest BCUT2D eigenvalue weighted by molar-refractivity contribution is -0.137. The molecule has 3 aromatic rings. The van der Waals surface area contributed by atoms with Crippen molar-refractivity contribution in [3.8, 4) is 17.1 Å². The van der Waals surface area contributed by atoms with Crippen LogP contribution in [0, 0.1) is 19.7 Å². The van der Waals surface area contributed by atoms with Crippen LogP contribution in [0.5, 0.6) is 5.88 Å². The summed E-state index contributed by atoms with van der Waals surface area (Å²) in [5, 5.41) is 14.5. The fourth-order valence-corrected chi connectivity index (χ4v) is 6.58. The topological polar surface area (TPSA) is 109 Å². The Hall–Kier alpha value is -3.25. The Labute approximate surface area is 216 Å². The van der Waals surface area contributed by atoms with E-state index in [9.17, 15) is 18.3 Å². The van der Waals surface area contributed by atoms with E-state index in [1.54, 1.807) is 6.92 Å². The first-order valence-corrected chi connectivity index (χ1v) is 12.6. The fourth-order valence-electron chi connectivity index (χ4n) is 6.58. The van der Waals surface area contributed by atoms with Crippen molar-refractivity contribution in [3.63, 3.8) is 0 Å². The van der Waals surface area contributed by atoms with E-state index in [1.165, 1.54) is 13.8 Å². The zero-order chi connectivity index (χ0) is 27.3. The number of nitrogen functional groups attached to an aromatic ring is 1. The van der Waals surface area contributed by atoms with Gasteiger partial charge in [0.1, 0.15) is 23.4 Å². The third kappa shape index (κ3) is 3.60. The number of alkyl halides is 3. The van der Waals surface area contributed by atoms with E-state index >= 15 is 4.39 Å². The molecule has 4 N–H and O–H groups in total. The van der Waals surface area contributed by atoms with Gasteiger partial charge < -0.3 is 25.8 Å². The number of pyridine rings is 3. The molecule has 0 spiro atoms. The fraction of sp³-hybridized carbons (Fsp3) is 0.500. The maximum absolute atomic E-state index is 16.6. The Morgan fingerprint density at radius 1 is 1.16 bits per heavy atom. The largest absolute Gasteiger partial charge is 0.472 e. The van der Waals surface area contributed by atoms with E-state index in [0.29, 0.717) is 18.1 Å². The number of ether oxygens (including phenoxy) is 1. The molecule has 12 heteroatoms. The normalized spacial score (nSPS) is 25.2. The van der Waals surface area contributed by atoms with Gasteiger partial charge in [0.15, 0.2) is 5.82 Å². The second-order valence-electron chi connectivity index (χ2n) is 10.5. The molecule has 38 heavy (non-hydrogen) atoms. The highest BCUT2D eigenvalue weighted by Gasteiger charge is 2.47. The van der Waals surface area contributed by atoms with Gasteiger partial charge in [-0.1, -0.05) is 0 Å². The maximum atomic E-state index is 16.6. The van der Waals surface area contributed by atoms with Gasteiger partial charge in [0, 0.05) is 40.8 Å². The minimum atomic E-state index is -4.84. The third-order valence-electron chi connectivity index (χ3n) is 7.95. The van der Waals surface area contributed by atoms with E-state index in [2.05, 4.69) is 20.2 Å². The zero-order valence-electron chi connectivity index (χ0n) is 21.3. The van der Waals surface area contributed by atoms with Gasteiger partial charge >= 0.3 is 6.18 Å². The Morgan fingerprint density at radius 3 is 2.58 bits per heavy atom. The van der Waals surface area contributed by atoms with Gasteiger partial charge in [-0.05, 0) is 46.6 Å². The second-order valence-corrected chi connectivity index (χ2v) is 10.5. The lowest BCUT2D eigenvalue weighted by Crippen LogP contribution is -2.62. The molecule has 8 nitrogen and oxygen atoms in total. The van der Waals surface area contributed by atoms with E-state index in [4.69, 9.17) is 15.5 Å². The summed E-state index contributed by atoms with van der Waals surface area (Å²) < 4.78 is 65.5. The Morgan fingerprint density at radius 2 is 1.89 bits per heavy atom. The number of anilines is 2. The molecule has 3 aliphatic heterocycles. The number of nitrogens with one attached hydrogen (secondary N) is 1. The van der Waals surface area contributed by atoms with Gasteiger partial charge in [0.25, 0.3) is 0 Å². The number of aliphatic hydroxyl groups is 1. The molecule has 0 amide bonds. The van der Waals surface area contributed by atoms with Crippen LogP contribution in [0.4, 0.5) is 29.2 Å². The van der Waals surface area contributed by atoms with Gasteiger partial charge in [-0.3, -0.25) is 0 Å². The van der Waals surface area contributed by atoms with Crippen molar-refractivity contribution in [1.82, 2.24) is 20.3 Å². The molecule has 0 aromatic carbocycles. The van der Waals surface area contributed by atoms with Crippen LogP contribution in [-0.2, 0) is 6.18 Å². The molecule has 0 radical (unpaired) electrons. The predicted octanol–water partition coefficient (Wildman–Crippen LogP) is 4.19. The monoisotopic (exact) mass is 532 g/mol. The molecule has 3 aliphatic rings. The van der Waals surface area contributed by atoms with Crippen LogP contribution < -0.4 is 20.7 Å². The summed E-state index contributed by atoms with van der Waals surface area (Å²) in [7, 11) is 0. The zero-order valence-corrected chi connectivity index (χ0v) is 21.3. The van der Waals surface area contributed by atoms with Crippen molar-refractivity contribution >= 4 is 22.4 Å². The van der Waals surface area contributed by atoms with Crippen LogP contribution >= 0.6 is 0 Å². The summed E-state index contributed by atoms with van der Waals surface area (Å²) in [6.45, 7) is 6.79. The molecular formula is C26H28F4N6O2. The summed E-state index contributed by atoms with van der Waals surface area (Å²) in [6, 6.07) is 1.16. The molecule has 202 valence electrons. The summed E-state index contributed by atoms with van der Waals surface area (Å²) in [5.41, 5.74) is 3.74. The average molecular weight is 533 g/mol. The maximum Gasteiger partial charge on any atom is 0.418 e. The second kappa shape index (κ2) is 8.37. The lowest BCUT2D eigenvalue weighted by atomic mass is 9.95. The first kappa shape index (κ1) is 25.1. The molecule has 2 saturated heterocycles. The van der Waals surface area contributed by atoms with Crippen molar-refractivity contribution < 1.29 is 27.4 Å². The number of hydrogen-bond donors (Lipinski definition) is 3. The van der Waals surface area contributed by atoms with Crippen LogP contribution in [0.15, 0.2) is 6.07 Å². The molecule has 2 bridgehead atoms. The number of rotatable bonds is 2. The number of nitrogens with two attached hydrogens (primary N) is 1. The predicted molar refractivity (Wildman–Crippen MR) is 133 cm³/mol. The first-order chi connectivity index (χ1) is 17.9. The summed E-state index contributed by atoms with van der Waals surface area (Å²) in [5.74, 6) is -0.771. The average Bonchev–Trinajstić information content (AvgIpc) is 3.13. The van der Waals surface area contributed by atoms with Crippen molar-refractivity contribution in [2.24, 2.45) is 0 Å². The van der Waals surface area contributed by atoms with Crippen LogP contribution in [0.3, 0.4) is 0 Å². The summed E-state index contributed by atoms with van der Waals surface area (Å²) >= 11 is 0. The molecule has 6 rings (SSSR count). The van der Waals surface area contributed by atoms with Gasteiger partial charge in [-0.25, -0.2) is 19.3 Å². The first-order valence-electron chi connectivity index (χ1n) is 12.6. The van der Waals surface area contributed by atoms with Crippen molar-refractivity contribution in [2.45, 2.75) is 77.0 Å². The van der Waals surface area contributed by atoms with Crippen molar-refractivity contribution in [1.29, 1.82) is 0 Å². The smallest absolute Gasteiger partial charge is 0.418 e. The minimum absolute atomic E-state index is 0.0280. The van der Waals surface area contributed by atoms with E-state index in [-0.39, 0.29) is 46.2 Å². The molecule has 0 aliphatic carbocycles. The van der Waals surface area contributed by atoms with Gasteiger partial charge in [-0.15, -0.1) is 0 Å². The number of nitrogens with zero attached hydrogens (tertiary/aromatic N) is 4. The molecule has 3 aromatic heterocycles. The standard InChI is InChI=1S/C26H28F4N6O2/c1-9-17(11(3)37)18-19-24(33-9)36-8-13-5-6-15(34-13)23(36)12(4)38-25(19)35-22(21(18)27)14-7-16(31)32-10(2)20(14)26(28,29)30/h7,11-13,15,23,34,37H,5-6,8H2,1-4H3,(H2,31,32)/t11-,12-,13+,15-,23+/m0/s1. The van der Waals surface area contributed by atoms with Crippen LogP contribution in [0.1, 0.15) is 55.3 Å². The number of aliphatic hydroxyl groups excluding tert-OH is 1. The number of aromatic nitrogens is 3. The van der Waals surface area contributed by atoms with Crippen LogP contribution in [0.2, 0.25) is 0 Å². The number of halogens is 4. The Bertz CT molecular complexity index is 1480. The SMILES string of the molecule is Cc1nc(N)cc(-c2nc3c4c(nc(C)c([C@H](C)O)c4c2F)N2C[C@H]4CC[C@H](N4)[C@H]2[C@H](C)O3)c1C(F)(F)F. The molecule has 0 saturated carbocycles. The number of fused-ring (bicyclic) bond motifs is 5. The van der Waals surface area contributed by atoms with E-state index in [1.807, 2.05) is 6.92 Å². The quantitative estimate of drug-likeness (QED) is 0.422.